The number of pyridine rings is 2. The molecule has 0 radical (unpaired) electrons. The highest BCUT2D eigenvalue weighted by molar-refractivity contribution is 6.02. The Balaban J connectivity index is 1.57. The first-order valence-electron chi connectivity index (χ1n) is 8.10. The zero-order valence-corrected chi connectivity index (χ0v) is 13.5. The lowest BCUT2D eigenvalue weighted by molar-refractivity contribution is 0.0956. The fourth-order valence-electron chi connectivity index (χ4n) is 2.90. The summed E-state index contributed by atoms with van der Waals surface area (Å²) in [5.41, 5.74) is 4.39. The number of fused-ring (bicyclic) bond motifs is 1. The number of carbonyl (C=O) groups is 1. The monoisotopic (exact) mass is 331 g/mol. The molecule has 4 heterocycles. The minimum absolute atomic E-state index is 0.0849. The van der Waals surface area contributed by atoms with Gasteiger partial charge in [-0.3, -0.25) is 14.9 Å². The Morgan fingerprint density at radius 2 is 2.12 bits per heavy atom. The molecule has 0 saturated carbocycles. The summed E-state index contributed by atoms with van der Waals surface area (Å²) in [5, 5.41) is 9.94. The molecule has 4 aromatic heterocycles. The molecule has 0 saturated heterocycles. The zero-order chi connectivity index (χ0) is 17.1. The van der Waals surface area contributed by atoms with Crippen molar-refractivity contribution in [2.24, 2.45) is 0 Å². The van der Waals surface area contributed by atoms with E-state index in [4.69, 9.17) is 0 Å². The number of aromatic amines is 1. The van der Waals surface area contributed by atoms with E-state index >= 15 is 0 Å². The average Bonchev–Trinajstić information content (AvgIpc) is 3.30. The van der Waals surface area contributed by atoms with Crippen LogP contribution in [0, 0.1) is 0 Å². The van der Waals surface area contributed by atoms with Crippen LogP contribution in [0.1, 0.15) is 15.9 Å². The van der Waals surface area contributed by atoms with Crippen LogP contribution in [0.5, 0.6) is 0 Å². The van der Waals surface area contributed by atoms with Crippen LogP contribution in [0.15, 0.2) is 67.3 Å². The van der Waals surface area contributed by atoms with Crippen molar-refractivity contribution in [2.75, 3.05) is 6.54 Å². The van der Waals surface area contributed by atoms with Crippen molar-refractivity contribution < 1.29 is 4.79 Å². The van der Waals surface area contributed by atoms with Crippen molar-refractivity contribution in [1.82, 2.24) is 24.9 Å². The van der Waals surface area contributed by atoms with E-state index in [1.807, 2.05) is 59.3 Å². The molecule has 0 unspecified atom stereocenters. The highest BCUT2D eigenvalue weighted by Gasteiger charge is 2.16. The molecule has 0 aliphatic rings. The summed E-state index contributed by atoms with van der Waals surface area (Å²) in [6.07, 6.45) is 7.95. The molecule has 2 N–H and O–H groups in total. The van der Waals surface area contributed by atoms with Gasteiger partial charge in [0.1, 0.15) is 0 Å². The van der Waals surface area contributed by atoms with Crippen molar-refractivity contribution in [3.05, 3.63) is 78.4 Å². The molecule has 6 heteroatoms. The minimum atomic E-state index is -0.0849. The fraction of sp³-hybridized carbons (Fsp3) is 0.105. The Hall–Kier alpha value is -3.41. The molecule has 0 aliphatic carbocycles. The molecule has 124 valence electrons. The second-order valence-corrected chi connectivity index (χ2v) is 5.74. The molecular weight excluding hydrogens is 314 g/mol. The number of nitrogens with one attached hydrogen (secondary N) is 2. The summed E-state index contributed by atoms with van der Waals surface area (Å²) in [6, 6.07) is 13.5. The van der Waals surface area contributed by atoms with E-state index in [0.29, 0.717) is 12.1 Å². The number of H-pyrrole nitrogens is 1. The van der Waals surface area contributed by atoms with E-state index in [2.05, 4.69) is 20.5 Å². The van der Waals surface area contributed by atoms with Crippen molar-refractivity contribution in [3.63, 3.8) is 0 Å². The predicted octanol–water partition coefficient (Wildman–Crippen LogP) is 2.70. The lowest BCUT2D eigenvalue weighted by atomic mass is 10.2. The third kappa shape index (κ3) is 3.01. The largest absolute Gasteiger partial charge is 0.352 e. The van der Waals surface area contributed by atoms with Gasteiger partial charge >= 0.3 is 0 Å². The predicted molar refractivity (Wildman–Crippen MR) is 95.3 cm³/mol. The number of aromatic nitrogens is 4. The highest BCUT2D eigenvalue weighted by atomic mass is 16.1. The van der Waals surface area contributed by atoms with Gasteiger partial charge in [0.25, 0.3) is 5.91 Å². The average molecular weight is 331 g/mol. The van der Waals surface area contributed by atoms with E-state index in [9.17, 15) is 4.79 Å². The Labute approximate surface area is 144 Å². The van der Waals surface area contributed by atoms with Crippen molar-refractivity contribution >= 4 is 11.4 Å². The molecule has 0 aliphatic heterocycles. The quantitative estimate of drug-likeness (QED) is 0.590. The summed E-state index contributed by atoms with van der Waals surface area (Å²) >= 11 is 0. The van der Waals surface area contributed by atoms with Gasteiger partial charge in [0.2, 0.25) is 0 Å². The van der Waals surface area contributed by atoms with Crippen LogP contribution in [0.4, 0.5) is 0 Å². The maximum atomic E-state index is 12.7. The van der Waals surface area contributed by atoms with Gasteiger partial charge < -0.3 is 9.72 Å². The summed E-state index contributed by atoms with van der Waals surface area (Å²) in [6.45, 7) is 0.564. The van der Waals surface area contributed by atoms with Gasteiger partial charge in [0, 0.05) is 31.3 Å². The van der Waals surface area contributed by atoms with Gasteiger partial charge in [-0.1, -0.05) is 12.1 Å². The third-order valence-corrected chi connectivity index (χ3v) is 4.12. The van der Waals surface area contributed by atoms with Crippen molar-refractivity contribution in [3.8, 4) is 11.4 Å². The van der Waals surface area contributed by atoms with Gasteiger partial charge in [0.15, 0.2) is 0 Å². The van der Waals surface area contributed by atoms with Crippen LogP contribution in [-0.4, -0.2) is 32.0 Å². The smallest absolute Gasteiger partial charge is 0.253 e. The first-order valence-corrected chi connectivity index (χ1v) is 8.10. The summed E-state index contributed by atoms with van der Waals surface area (Å²) in [4.78, 5) is 16.8. The van der Waals surface area contributed by atoms with Crippen LogP contribution in [0.25, 0.3) is 16.9 Å². The SMILES string of the molecule is O=C(NCCc1cccnc1)c1cc(-c2ccn[nH]2)n2ccccc12. The first-order chi connectivity index (χ1) is 12.3. The Morgan fingerprint density at radius 1 is 1.16 bits per heavy atom. The lowest BCUT2D eigenvalue weighted by Crippen LogP contribution is -2.25. The molecule has 0 atom stereocenters. The molecule has 0 fully saturated rings. The van der Waals surface area contributed by atoms with Crippen LogP contribution >= 0.6 is 0 Å². The zero-order valence-electron chi connectivity index (χ0n) is 13.5. The number of amides is 1. The molecule has 25 heavy (non-hydrogen) atoms. The third-order valence-electron chi connectivity index (χ3n) is 4.12. The number of rotatable bonds is 5. The van der Waals surface area contributed by atoms with E-state index in [1.165, 1.54) is 0 Å². The highest BCUT2D eigenvalue weighted by Crippen LogP contribution is 2.24. The maximum Gasteiger partial charge on any atom is 0.253 e. The van der Waals surface area contributed by atoms with Gasteiger partial charge in [-0.25, -0.2) is 0 Å². The van der Waals surface area contributed by atoms with E-state index in [1.54, 1.807) is 12.4 Å². The molecule has 0 spiro atoms. The van der Waals surface area contributed by atoms with Gasteiger partial charge in [0.05, 0.1) is 22.5 Å². The molecular formula is C19H17N5O. The maximum absolute atomic E-state index is 12.7. The minimum Gasteiger partial charge on any atom is -0.352 e. The van der Waals surface area contributed by atoms with Crippen LogP contribution in [0.2, 0.25) is 0 Å². The normalized spacial score (nSPS) is 10.9. The van der Waals surface area contributed by atoms with Gasteiger partial charge in [-0.15, -0.1) is 0 Å². The van der Waals surface area contributed by atoms with E-state index in [-0.39, 0.29) is 5.91 Å². The summed E-state index contributed by atoms with van der Waals surface area (Å²) < 4.78 is 1.99. The molecule has 4 aromatic rings. The second-order valence-electron chi connectivity index (χ2n) is 5.74. The second kappa shape index (κ2) is 6.60. The Morgan fingerprint density at radius 3 is 2.92 bits per heavy atom. The molecule has 0 bridgehead atoms. The summed E-state index contributed by atoms with van der Waals surface area (Å²) in [5.74, 6) is -0.0849. The number of hydrogen-bond acceptors (Lipinski definition) is 3. The number of hydrogen-bond donors (Lipinski definition) is 2. The summed E-state index contributed by atoms with van der Waals surface area (Å²) in [7, 11) is 0. The molecule has 4 rings (SSSR count). The van der Waals surface area contributed by atoms with Crippen LogP contribution in [-0.2, 0) is 6.42 Å². The molecule has 1 amide bonds. The van der Waals surface area contributed by atoms with Crippen molar-refractivity contribution in [1.29, 1.82) is 0 Å². The number of carbonyl (C=O) groups excluding carboxylic acids is 1. The van der Waals surface area contributed by atoms with Crippen LogP contribution in [0.3, 0.4) is 0 Å². The van der Waals surface area contributed by atoms with Crippen LogP contribution < -0.4 is 5.32 Å². The Kier molecular flexibility index (Phi) is 4.00. The standard InChI is InChI=1S/C19H17N5O/c25-19(21-9-6-14-4-3-8-20-13-14)15-12-18(16-7-10-22-23-16)24-11-2-1-5-17(15)24/h1-5,7-8,10-13H,6,9H2,(H,21,25)(H,22,23). The van der Waals surface area contributed by atoms with E-state index < -0.39 is 0 Å². The molecule has 0 aromatic carbocycles. The first kappa shape index (κ1) is 15.1. The number of nitrogens with zero attached hydrogens (tertiary/aromatic N) is 3. The van der Waals surface area contributed by atoms with Gasteiger partial charge in [-0.05, 0) is 42.3 Å². The van der Waals surface area contributed by atoms with E-state index in [0.717, 1.165) is 28.9 Å². The molecule has 6 nitrogen and oxygen atoms in total. The topological polar surface area (TPSA) is 75.1 Å². The van der Waals surface area contributed by atoms with Gasteiger partial charge in [-0.2, -0.15) is 5.10 Å². The van der Waals surface area contributed by atoms with Crippen molar-refractivity contribution in [2.45, 2.75) is 6.42 Å². The fourth-order valence-corrected chi connectivity index (χ4v) is 2.90. The Bertz CT molecular complexity index is 989. The lowest BCUT2D eigenvalue weighted by Gasteiger charge is -2.04.